The molecule has 0 saturated heterocycles. The van der Waals surface area contributed by atoms with Crippen LogP contribution in [-0.2, 0) is 0 Å². The average Bonchev–Trinajstić information content (AvgIpc) is 2.26. The molecule has 0 bridgehead atoms. The van der Waals surface area contributed by atoms with Crippen LogP contribution in [0.15, 0.2) is 42.6 Å². The van der Waals surface area contributed by atoms with E-state index in [0.717, 1.165) is 16.3 Å². The van der Waals surface area contributed by atoms with E-state index < -0.39 is 7.12 Å². The van der Waals surface area contributed by atoms with Gasteiger partial charge in [0.15, 0.2) is 0 Å². The van der Waals surface area contributed by atoms with E-state index in [9.17, 15) is 0 Å². The van der Waals surface area contributed by atoms with Crippen LogP contribution in [0.3, 0.4) is 0 Å². The third-order valence-corrected chi connectivity index (χ3v) is 2.15. The lowest BCUT2D eigenvalue weighted by Gasteiger charge is -2.00. The van der Waals surface area contributed by atoms with E-state index in [1.807, 2.05) is 24.3 Å². The third kappa shape index (κ3) is 2.23. The minimum Gasteiger partial charge on any atom is -0.424 e. The van der Waals surface area contributed by atoms with E-state index in [4.69, 9.17) is 10.0 Å². The molecule has 74 valence electrons. The minimum absolute atomic E-state index is 0.876. The molecule has 15 heavy (non-hydrogen) atoms. The second-order valence-electron chi connectivity index (χ2n) is 3.22. The molecule has 4 heteroatoms. The van der Waals surface area contributed by atoms with Gasteiger partial charge in [-0.25, -0.2) is 0 Å². The maximum absolute atomic E-state index is 8.73. The van der Waals surface area contributed by atoms with Crippen LogP contribution in [0.1, 0.15) is 5.56 Å². The number of nitrogens with zero attached hydrogens (tertiary/aromatic N) is 1. The lowest BCUT2D eigenvalue weighted by atomic mass is 9.90. The maximum atomic E-state index is 8.73. The summed E-state index contributed by atoms with van der Waals surface area (Å²) < 4.78 is 0. The smallest absolute Gasteiger partial charge is 0.424 e. The van der Waals surface area contributed by atoms with Gasteiger partial charge in [-0.3, -0.25) is 4.98 Å². The maximum Gasteiger partial charge on any atom is 0.480 e. The van der Waals surface area contributed by atoms with Crippen LogP contribution in [0, 0.1) is 0 Å². The van der Waals surface area contributed by atoms with Crippen molar-refractivity contribution >= 4 is 24.0 Å². The molecular formula is C11H10BNO2. The zero-order valence-corrected chi connectivity index (χ0v) is 8.04. The molecule has 0 fully saturated rings. The molecule has 1 heterocycles. The van der Waals surface area contributed by atoms with Gasteiger partial charge >= 0.3 is 7.12 Å². The summed E-state index contributed by atoms with van der Waals surface area (Å²) in [5, 5.41) is 19.5. The number of benzene rings is 1. The largest absolute Gasteiger partial charge is 0.480 e. The molecule has 1 aromatic carbocycles. The molecule has 0 aliphatic rings. The summed E-state index contributed by atoms with van der Waals surface area (Å²) in [7, 11) is -1.43. The Morgan fingerprint density at radius 1 is 1.13 bits per heavy atom. The lowest BCUT2D eigenvalue weighted by Crippen LogP contribution is -2.05. The highest BCUT2D eigenvalue weighted by atomic mass is 16.4. The molecule has 2 aromatic rings. The minimum atomic E-state index is -1.43. The molecular weight excluding hydrogens is 189 g/mol. The van der Waals surface area contributed by atoms with Crippen LogP contribution in [0.2, 0.25) is 0 Å². The molecule has 1 aromatic heterocycles. The van der Waals surface area contributed by atoms with E-state index in [1.165, 1.54) is 5.98 Å². The number of hydrogen-bond donors (Lipinski definition) is 2. The summed E-state index contributed by atoms with van der Waals surface area (Å²) in [6.07, 6.45) is 5.13. The molecule has 0 atom stereocenters. The molecule has 2 N–H and O–H groups in total. The second-order valence-corrected chi connectivity index (χ2v) is 3.22. The Labute approximate surface area is 87.9 Å². The van der Waals surface area contributed by atoms with Gasteiger partial charge in [0.05, 0.1) is 0 Å². The predicted molar refractivity (Wildman–Crippen MR) is 61.0 cm³/mol. The first-order chi connectivity index (χ1) is 7.27. The third-order valence-electron chi connectivity index (χ3n) is 2.15. The predicted octanol–water partition coefficient (Wildman–Crippen LogP) is 1.26. The van der Waals surface area contributed by atoms with E-state index >= 15 is 0 Å². The zero-order chi connectivity index (χ0) is 10.7. The molecule has 0 aliphatic carbocycles. The normalized spacial score (nSPS) is 11.1. The van der Waals surface area contributed by atoms with Crippen molar-refractivity contribution in [3.05, 3.63) is 48.2 Å². The molecule has 0 unspecified atom stereocenters. The van der Waals surface area contributed by atoms with Gasteiger partial charge in [-0.05, 0) is 10.9 Å². The van der Waals surface area contributed by atoms with Crippen molar-refractivity contribution in [2.24, 2.45) is 0 Å². The van der Waals surface area contributed by atoms with Crippen molar-refractivity contribution in [2.45, 2.75) is 0 Å². The number of hydrogen-bond acceptors (Lipinski definition) is 3. The highest BCUT2D eigenvalue weighted by Gasteiger charge is 2.01. The monoisotopic (exact) mass is 199 g/mol. The summed E-state index contributed by atoms with van der Waals surface area (Å²) in [6, 6.07) is 7.82. The number of rotatable bonds is 2. The fraction of sp³-hybridized carbons (Fsp3) is 0. The summed E-state index contributed by atoms with van der Waals surface area (Å²) >= 11 is 0. The summed E-state index contributed by atoms with van der Waals surface area (Å²) in [6.45, 7) is 0. The fourth-order valence-corrected chi connectivity index (χ4v) is 1.46. The van der Waals surface area contributed by atoms with E-state index in [1.54, 1.807) is 18.5 Å². The SMILES string of the molecule is OB(O)/C=C/c1cncc2ccccc12. The van der Waals surface area contributed by atoms with Crippen LogP contribution >= 0.6 is 0 Å². The molecule has 2 rings (SSSR count). The van der Waals surface area contributed by atoms with Crippen molar-refractivity contribution in [1.29, 1.82) is 0 Å². The highest BCUT2D eigenvalue weighted by molar-refractivity contribution is 6.48. The van der Waals surface area contributed by atoms with Gasteiger partial charge in [-0.2, -0.15) is 0 Å². The van der Waals surface area contributed by atoms with E-state index in [-0.39, 0.29) is 0 Å². The number of fused-ring (bicyclic) bond motifs is 1. The van der Waals surface area contributed by atoms with Crippen molar-refractivity contribution in [3.8, 4) is 0 Å². The molecule has 0 amide bonds. The first-order valence-electron chi connectivity index (χ1n) is 4.64. The van der Waals surface area contributed by atoms with Gasteiger partial charge < -0.3 is 10.0 Å². The molecule has 0 spiro atoms. The lowest BCUT2D eigenvalue weighted by molar-refractivity contribution is 0.424. The Bertz CT molecular complexity index is 491. The molecule has 0 radical (unpaired) electrons. The Hall–Kier alpha value is -1.65. The van der Waals surface area contributed by atoms with E-state index in [2.05, 4.69) is 4.98 Å². The quantitative estimate of drug-likeness (QED) is 0.715. The van der Waals surface area contributed by atoms with Gasteiger partial charge in [0.2, 0.25) is 0 Å². The standard InChI is InChI=1S/C11H10BNO2/c14-12(15)6-5-10-8-13-7-9-3-1-2-4-11(9)10/h1-8,14-15H/b6-5+. The molecule has 0 aliphatic heterocycles. The van der Waals surface area contributed by atoms with Gasteiger partial charge in [-0.15, -0.1) is 0 Å². The highest BCUT2D eigenvalue weighted by Crippen LogP contribution is 2.17. The first-order valence-corrected chi connectivity index (χ1v) is 4.64. The Balaban J connectivity index is 2.51. The molecule has 0 saturated carbocycles. The topological polar surface area (TPSA) is 53.4 Å². The Kier molecular flexibility index (Phi) is 2.80. The van der Waals surface area contributed by atoms with Crippen LogP contribution in [0.25, 0.3) is 16.8 Å². The van der Waals surface area contributed by atoms with Crippen LogP contribution in [-0.4, -0.2) is 22.2 Å². The van der Waals surface area contributed by atoms with Crippen LogP contribution in [0.5, 0.6) is 0 Å². The van der Waals surface area contributed by atoms with E-state index in [0.29, 0.717) is 0 Å². The van der Waals surface area contributed by atoms with Gasteiger partial charge in [-0.1, -0.05) is 36.3 Å². The van der Waals surface area contributed by atoms with Crippen LogP contribution in [0.4, 0.5) is 0 Å². The number of aromatic nitrogens is 1. The van der Waals surface area contributed by atoms with Gasteiger partial charge in [0.25, 0.3) is 0 Å². The van der Waals surface area contributed by atoms with Crippen molar-refractivity contribution in [3.63, 3.8) is 0 Å². The fourth-order valence-electron chi connectivity index (χ4n) is 1.46. The Morgan fingerprint density at radius 3 is 2.73 bits per heavy atom. The van der Waals surface area contributed by atoms with Crippen molar-refractivity contribution in [2.75, 3.05) is 0 Å². The van der Waals surface area contributed by atoms with Crippen LogP contribution < -0.4 is 0 Å². The molecule has 3 nitrogen and oxygen atoms in total. The number of pyridine rings is 1. The summed E-state index contributed by atoms with van der Waals surface area (Å²) in [4.78, 5) is 4.08. The van der Waals surface area contributed by atoms with Crippen molar-refractivity contribution in [1.82, 2.24) is 4.98 Å². The summed E-state index contributed by atoms with van der Waals surface area (Å²) in [5.41, 5.74) is 0.876. The van der Waals surface area contributed by atoms with Crippen molar-refractivity contribution < 1.29 is 10.0 Å². The average molecular weight is 199 g/mol. The first kappa shape index (κ1) is 9.89. The summed E-state index contributed by atoms with van der Waals surface area (Å²) in [5.74, 6) is 1.31. The second kappa shape index (κ2) is 4.25. The van der Waals surface area contributed by atoms with Gasteiger partial charge in [0.1, 0.15) is 0 Å². The Morgan fingerprint density at radius 2 is 1.93 bits per heavy atom. The zero-order valence-electron chi connectivity index (χ0n) is 8.04. The van der Waals surface area contributed by atoms with Gasteiger partial charge in [0, 0.05) is 17.8 Å².